The first-order chi connectivity index (χ1) is 9.95. The minimum Gasteiger partial charge on any atom is -0.409 e. The largest absolute Gasteiger partial charge is 0.471 e. The first-order valence-electron chi connectivity index (χ1n) is 5.31. The molecule has 1 aromatic rings. The van der Waals surface area contributed by atoms with E-state index < -0.39 is 43.6 Å². The van der Waals surface area contributed by atoms with Gasteiger partial charge in [-0.15, -0.1) is 0 Å². The molecule has 0 aliphatic rings. The second-order valence-electron chi connectivity index (χ2n) is 3.69. The summed E-state index contributed by atoms with van der Waals surface area (Å²) in [6, 6.07) is 2.36. The van der Waals surface area contributed by atoms with Crippen LogP contribution in [-0.4, -0.2) is 33.6 Å². The maximum atomic E-state index is 12.1. The van der Waals surface area contributed by atoms with Crippen LogP contribution in [0, 0.1) is 0 Å². The van der Waals surface area contributed by atoms with E-state index >= 15 is 0 Å². The molecule has 12 heteroatoms. The van der Waals surface area contributed by atoms with Gasteiger partial charge in [0.2, 0.25) is 0 Å². The van der Waals surface area contributed by atoms with Crippen molar-refractivity contribution in [3.63, 3.8) is 0 Å². The van der Waals surface area contributed by atoms with E-state index in [4.69, 9.17) is 10.7 Å². The molecule has 0 atom stereocenters. The van der Waals surface area contributed by atoms with Gasteiger partial charge in [0.1, 0.15) is 4.90 Å². The van der Waals surface area contributed by atoms with Crippen LogP contribution in [-0.2, 0) is 13.8 Å². The van der Waals surface area contributed by atoms with Crippen molar-refractivity contribution in [3.05, 3.63) is 18.2 Å². The lowest BCUT2D eigenvalue weighted by Crippen LogP contribution is -2.30. The number of anilines is 1. The Morgan fingerprint density at radius 2 is 1.86 bits per heavy atom. The first-order valence-corrected chi connectivity index (χ1v) is 7.62. The number of nitrogens with one attached hydrogen (secondary N) is 2. The zero-order chi connectivity index (χ0) is 17.1. The molecule has 0 unspecified atom stereocenters. The number of hydrogen-bond donors (Lipinski definition) is 2. The third-order valence-electron chi connectivity index (χ3n) is 2.13. The summed E-state index contributed by atoms with van der Waals surface area (Å²) in [6.07, 6.45) is -6.22. The van der Waals surface area contributed by atoms with Crippen LogP contribution in [0.5, 0.6) is 5.75 Å². The molecule has 7 nitrogen and oxygen atoms in total. The normalized spacial score (nSPS) is 11.7. The van der Waals surface area contributed by atoms with Gasteiger partial charge in [-0.25, -0.2) is 13.2 Å². The molecule has 1 aromatic carbocycles. The number of rotatable bonds is 3. The predicted octanol–water partition coefficient (Wildman–Crippen LogP) is 1.83. The van der Waals surface area contributed by atoms with Crippen molar-refractivity contribution in [2.45, 2.75) is 11.1 Å². The van der Waals surface area contributed by atoms with Gasteiger partial charge in [-0.05, 0) is 12.1 Å². The van der Waals surface area contributed by atoms with E-state index in [9.17, 15) is 31.2 Å². The van der Waals surface area contributed by atoms with E-state index in [1.165, 1.54) is 12.4 Å². The van der Waals surface area contributed by atoms with Crippen LogP contribution in [0.25, 0.3) is 0 Å². The first kappa shape index (κ1) is 18.0. The van der Waals surface area contributed by atoms with Gasteiger partial charge in [0.15, 0.2) is 5.75 Å². The standard InChI is InChI=1S/C10H8ClF3N2O5S/c1-15-9(18)21-6-4-5(16-8(17)10(12,13)14)2-3-7(6)22(11,19)20/h2-4H,1H3,(H,15,18)(H,16,17). The highest BCUT2D eigenvalue weighted by molar-refractivity contribution is 8.13. The Bertz CT molecular complexity index is 705. The highest BCUT2D eigenvalue weighted by Crippen LogP contribution is 2.30. The van der Waals surface area contributed by atoms with Gasteiger partial charge < -0.3 is 15.4 Å². The summed E-state index contributed by atoms with van der Waals surface area (Å²) in [4.78, 5) is 21.3. The van der Waals surface area contributed by atoms with Gasteiger partial charge >= 0.3 is 18.2 Å². The molecule has 122 valence electrons. The van der Waals surface area contributed by atoms with Crippen LogP contribution in [0.15, 0.2) is 23.1 Å². The van der Waals surface area contributed by atoms with Crippen molar-refractivity contribution in [2.75, 3.05) is 12.4 Å². The summed E-state index contributed by atoms with van der Waals surface area (Å²) in [5.41, 5.74) is -0.440. The summed E-state index contributed by atoms with van der Waals surface area (Å²) in [7, 11) is 1.96. The zero-order valence-corrected chi connectivity index (χ0v) is 12.3. The Morgan fingerprint density at radius 3 is 2.32 bits per heavy atom. The van der Waals surface area contributed by atoms with Gasteiger partial charge in [0.25, 0.3) is 9.05 Å². The summed E-state index contributed by atoms with van der Waals surface area (Å²) in [5.74, 6) is -2.92. The summed E-state index contributed by atoms with van der Waals surface area (Å²) >= 11 is 0. The van der Waals surface area contributed by atoms with Crippen LogP contribution < -0.4 is 15.4 Å². The fourth-order valence-electron chi connectivity index (χ4n) is 1.22. The molecule has 0 aliphatic heterocycles. The summed E-state index contributed by atoms with van der Waals surface area (Å²) in [5, 5.41) is 3.49. The Hall–Kier alpha value is -2.01. The number of benzene rings is 1. The van der Waals surface area contributed by atoms with Crippen LogP contribution in [0.3, 0.4) is 0 Å². The zero-order valence-electron chi connectivity index (χ0n) is 10.7. The maximum Gasteiger partial charge on any atom is 0.471 e. The maximum absolute atomic E-state index is 12.1. The van der Waals surface area contributed by atoms with Gasteiger partial charge in [0.05, 0.1) is 0 Å². The SMILES string of the molecule is CNC(=O)Oc1cc(NC(=O)C(F)(F)F)ccc1S(=O)(=O)Cl. The van der Waals surface area contributed by atoms with Crippen LogP contribution in [0.2, 0.25) is 0 Å². The minimum absolute atomic E-state index is 0.440. The van der Waals surface area contributed by atoms with E-state index in [2.05, 4.69) is 4.74 Å². The van der Waals surface area contributed by atoms with Crippen LogP contribution >= 0.6 is 10.7 Å². The van der Waals surface area contributed by atoms with Crippen LogP contribution in [0.1, 0.15) is 0 Å². The smallest absolute Gasteiger partial charge is 0.409 e. The van der Waals surface area contributed by atoms with Gasteiger partial charge in [-0.1, -0.05) is 0 Å². The lowest BCUT2D eigenvalue weighted by atomic mass is 10.3. The quantitative estimate of drug-likeness (QED) is 0.801. The molecule has 0 radical (unpaired) electrons. The molecule has 0 saturated heterocycles. The summed E-state index contributed by atoms with van der Waals surface area (Å²) in [6.45, 7) is 0. The van der Waals surface area contributed by atoms with Crippen molar-refractivity contribution in [2.24, 2.45) is 0 Å². The second-order valence-corrected chi connectivity index (χ2v) is 6.23. The number of halogens is 4. The van der Waals surface area contributed by atoms with E-state index in [1.807, 2.05) is 5.32 Å². The molecular formula is C10H8ClF3N2O5S. The van der Waals surface area contributed by atoms with Crippen molar-refractivity contribution in [1.29, 1.82) is 0 Å². The molecule has 0 aromatic heterocycles. The summed E-state index contributed by atoms with van der Waals surface area (Å²) < 4.78 is 63.6. The van der Waals surface area contributed by atoms with Crippen molar-refractivity contribution >= 4 is 37.4 Å². The van der Waals surface area contributed by atoms with Crippen molar-refractivity contribution in [3.8, 4) is 5.75 Å². The fourth-order valence-corrected chi connectivity index (χ4v) is 2.17. The number of amides is 2. The molecular weight excluding hydrogens is 353 g/mol. The second kappa shape index (κ2) is 6.40. The number of ether oxygens (including phenoxy) is 1. The molecule has 2 N–H and O–H groups in total. The molecule has 22 heavy (non-hydrogen) atoms. The molecule has 2 amide bonds. The highest BCUT2D eigenvalue weighted by Gasteiger charge is 2.38. The third kappa shape index (κ3) is 4.77. The topological polar surface area (TPSA) is 102 Å². The van der Waals surface area contributed by atoms with Crippen molar-refractivity contribution < 1.29 is 35.9 Å². The van der Waals surface area contributed by atoms with E-state index in [-0.39, 0.29) is 0 Å². The van der Waals surface area contributed by atoms with Gasteiger partial charge in [0, 0.05) is 29.5 Å². The lowest BCUT2D eigenvalue weighted by Gasteiger charge is -2.11. The molecule has 0 heterocycles. The van der Waals surface area contributed by atoms with Crippen molar-refractivity contribution in [1.82, 2.24) is 5.32 Å². The molecule has 0 saturated carbocycles. The Labute approximate surface area is 126 Å². The number of hydrogen-bond acceptors (Lipinski definition) is 5. The van der Waals surface area contributed by atoms with Gasteiger partial charge in [-0.2, -0.15) is 13.2 Å². The molecule has 1 rings (SSSR count). The van der Waals surface area contributed by atoms with E-state index in [1.54, 1.807) is 0 Å². The highest BCUT2D eigenvalue weighted by atomic mass is 35.7. The van der Waals surface area contributed by atoms with E-state index in [0.717, 1.165) is 12.1 Å². The fraction of sp³-hybridized carbons (Fsp3) is 0.200. The predicted molar refractivity (Wildman–Crippen MR) is 69.2 cm³/mol. The minimum atomic E-state index is -5.14. The Morgan fingerprint density at radius 1 is 1.27 bits per heavy atom. The lowest BCUT2D eigenvalue weighted by molar-refractivity contribution is -0.167. The molecule has 0 aliphatic carbocycles. The Kier molecular flexibility index (Phi) is 5.25. The third-order valence-corrected chi connectivity index (χ3v) is 3.49. The van der Waals surface area contributed by atoms with Gasteiger partial charge in [-0.3, -0.25) is 4.79 Å². The molecule has 0 spiro atoms. The monoisotopic (exact) mass is 360 g/mol. The van der Waals surface area contributed by atoms with E-state index in [0.29, 0.717) is 6.07 Å². The molecule has 0 bridgehead atoms. The molecule has 0 fully saturated rings. The number of carbonyl (C=O) groups excluding carboxylic acids is 2. The average molecular weight is 361 g/mol. The average Bonchev–Trinajstić information content (AvgIpc) is 2.36. The number of carbonyl (C=O) groups is 2. The van der Waals surface area contributed by atoms with Crippen LogP contribution in [0.4, 0.5) is 23.7 Å². The number of alkyl halides is 3. The Balaban J connectivity index is 3.22.